The zero-order valence-corrected chi connectivity index (χ0v) is 11.8. The van der Waals surface area contributed by atoms with Crippen LogP contribution in [0.2, 0.25) is 5.28 Å². The van der Waals surface area contributed by atoms with Gasteiger partial charge in [-0.3, -0.25) is 0 Å². The molecule has 1 fully saturated rings. The van der Waals surface area contributed by atoms with Crippen LogP contribution in [0.25, 0.3) is 0 Å². The van der Waals surface area contributed by atoms with E-state index >= 15 is 0 Å². The van der Waals surface area contributed by atoms with Crippen LogP contribution in [0.4, 0.5) is 5.82 Å². The molecule has 0 amide bonds. The molecule has 2 heterocycles. The lowest BCUT2D eigenvalue weighted by molar-refractivity contribution is 0.288. The maximum absolute atomic E-state index is 5.86. The van der Waals surface area contributed by atoms with E-state index in [0.29, 0.717) is 12.6 Å². The summed E-state index contributed by atoms with van der Waals surface area (Å²) in [6, 6.07) is 12.1. The smallest absolute Gasteiger partial charge is 0.224 e. The van der Waals surface area contributed by atoms with Crippen LogP contribution in [-0.4, -0.2) is 29.2 Å². The van der Waals surface area contributed by atoms with Crippen molar-refractivity contribution in [2.45, 2.75) is 18.9 Å². The standard InChI is InChI=1S/C15H16ClN3O/c16-15-17-9-8-14(18-15)19-10-4-5-12(19)11-20-13-6-2-1-3-7-13/h1-3,6-9,12H,4-5,10-11H2. The molecular weight excluding hydrogens is 274 g/mol. The molecule has 0 aliphatic carbocycles. The van der Waals surface area contributed by atoms with Gasteiger partial charge in [-0.25, -0.2) is 9.97 Å². The molecule has 1 unspecified atom stereocenters. The fraction of sp³-hybridized carbons (Fsp3) is 0.333. The fourth-order valence-electron chi connectivity index (χ4n) is 2.51. The summed E-state index contributed by atoms with van der Waals surface area (Å²) in [5.74, 6) is 1.78. The van der Waals surface area contributed by atoms with Crippen LogP contribution in [-0.2, 0) is 0 Å². The molecule has 1 atom stereocenters. The minimum atomic E-state index is 0.289. The van der Waals surface area contributed by atoms with Gasteiger partial charge in [0.1, 0.15) is 18.2 Å². The summed E-state index contributed by atoms with van der Waals surface area (Å²) in [6.45, 7) is 1.64. The molecule has 1 aromatic heterocycles. The Morgan fingerprint density at radius 2 is 2.10 bits per heavy atom. The minimum absolute atomic E-state index is 0.289. The van der Waals surface area contributed by atoms with Gasteiger partial charge in [-0.1, -0.05) is 18.2 Å². The highest BCUT2D eigenvalue weighted by atomic mass is 35.5. The molecule has 0 bridgehead atoms. The third kappa shape index (κ3) is 3.02. The van der Waals surface area contributed by atoms with Crippen LogP contribution in [0, 0.1) is 0 Å². The van der Waals surface area contributed by atoms with Gasteiger partial charge in [0.2, 0.25) is 5.28 Å². The number of para-hydroxylation sites is 1. The molecule has 0 saturated carbocycles. The number of hydrogen-bond donors (Lipinski definition) is 0. The maximum atomic E-state index is 5.86. The Labute approximate surface area is 123 Å². The average molecular weight is 290 g/mol. The Kier molecular flexibility index (Phi) is 4.02. The van der Waals surface area contributed by atoms with E-state index in [1.807, 2.05) is 36.4 Å². The van der Waals surface area contributed by atoms with Crippen LogP contribution in [0.15, 0.2) is 42.6 Å². The molecule has 5 heteroatoms. The molecule has 1 aliphatic heterocycles. The summed E-state index contributed by atoms with van der Waals surface area (Å²) < 4.78 is 5.85. The van der Waals surface area contributed by atoms with E-state index in [1.54, 1.807) is 6.20 Å². The summed E-state index contributed by atoms with van der Waals surface area (Å²) in [7, 11) is 0. The van der Waals surface area contributed by atoms with Crippen LogP contribution in [0.3, 0.4) is 0 Å². The summed E-state index contributed by atoms with van der Waals surface area (Å²) in [6.07, 6.45) is 3.94. The molecule has 20 heavy (non-hydrogen) atoms. The van der Waals surface area contributed by atoms with Crippen LogP contribution >= 0.6 is 11.6 Å². The van der Waals surface area contributed by atoms with Crippen molar-refractivity contribution in [3.63, 3.8) is 0 Å². The monoisotopic (exact) mass is 289 g/mol. The second-order valence-corrected chi connectivity index (χ2v) is 5.14. The molecule has 1 aromatic carbocycles. The second kappa shape index (κ2) is 6.09. The van der Waals surface area contributed by atoms with E-state index in [4.69, 9.17) is 16.3 Å². The number of benzene rings is 1. The molecule has 0 radical (unpaired) electrons. The van der Waals surface area contributed by atoms with Gasteiger partial charge in [-0.2, -0.15) is 0 Å². The zero-order valence-electron chi connectivity index (χ0n) is 11.1. The van der Waals surface area contributed by atoms with Crippen LogP contribution in [0.5, 0.6) is 5.75 Å². The fourth-order valence-corrected chi connectivity index (χ4v) is 2.65. The highest BCUT2D eigenvalue weighted by molar-refractivity contribution is 6.28. The Morgan fingerprint density at radius 1 is 1.25 bits per heavy atom. The predicted octanol–water partition coefficient (Wildman–Crippen LogP) is 3.18. The minimum Gasteiger partial charge on any atom is -0.491 e. The molecule has 2 aromatic rings. The lowest BCUT2D eigenvalue weighted by Crippen LogP contribution is -2.34. The van der Waals surface area contributed by atoms with Crippen molar-refractivity contribution in [2.24, 2.45) is 0 Å². The number of anilines is 1. The van der Waals surface area contributed by atoms with Crippen molar-refractivity contribution >= 4 is 17.4 Å². The van der Waals surface area contributed by atoms with E-state index in [-0.39, 0.29) is 5.28 Å². The Bertz CT molecular complexity index is 564. The third-order valence-corrected chi connectivity index (χ3v) is 3.65. The molecule has 1 aliphatic rings. The first-order valence-corrected chi connectivity index (χ1v) is 7.14. The van der Waals surface area contributed by atoms with Gasteiger partial charge >= 0.3 is 0 Å². The van der Waals surface area contributed by atoms with Gasteiger partial charge in [0.15, 0.2) is 0 Å². The van der Waals surface area contributed by atoms with Crippen molar-refractivity contribution in [1.29, 1.82) is 0 Å². The van der Waals surface area contributed by atoms with E-state index < -0.39 is 0 Å². The summed E-state index contributed by atoms with van der Waals surface area (Å²) in [5.41, 5.74) is 0. The van der Waals surface area contributed by atoms with Crippen molar-refractivity contribution in [3.05, 3.63) is 47.9 Å². The summed E-state index contributed by atoms with van der Waals surface area (Å²) in [4.78, 5) is 10.5. The van der Waals surface area contributed by atoms with Gasteiger partial charge in [0.05, 0.1) is 6.04 Å². The second-order valence-electron chi connectivity index (χ2n) is 4.80. The van der Waals surface area contributed by atoms with Crippen LogP contribution < -0.4 is 9.64 Å². The van der Waals surface area contributed by atoms with Crippen molar-refractivity contribution in [2.75, 3.05) is 18.1 Å². The molecule has 0 spiro atoms. The number of rotatable bonds is 4. The largest absolute Gasteiger partial charge is 0.491 e. The Balaban J connectivity index is 1.67. The normalized spacial score (nSPS) is 18.2. The first-order chi connectivity index (χ1) is 9.83. The van der Waals surface area contributed by atoms with Crippen molar-refractivity contribution in [1.82, 2.24) is 9.97 Å². The predicted molar refractivity (Wildman–Crippen MR) is 79.3 cm³/mol. The van der Waals surface area contributed by atoms with Gasteiger partial charge in [0, 0.05) is 12.7 Å². The SMILES string of the molecule is Clc1nccc(N2CCCC2COc2ccccc2)n1. The topological polar surface area (TPSA) is 38.2 Å². The zero-order chi connectivity index (χ0) is 13.8. The van der Waals surface area contributed by atoms with Crippen LogP contribution in [0.1, 0.15) is 12.8 Å². The van der Waals surface area contributed by atoms with Gasteiger partial charge in [0.25, 0.3) is 0 Å². The highest BCUT2D eigenvalue weighted by Gasteiger charge is 2.26. The number of aromatic nitrogens is 2. The molecular formula is C15H16ClN3O. The van der Waals surface area contributed by atoms with E-state index in [0.717, 1.165) is 31.0 Å². The summed E-state index contributed by atoms with van der Waals surface area (Å²) in [5, 5.41) is 0.289. The lowest BCUT2D eigenvalue weighted by Gasteiger charge is -2.25. The van der Waals surface area contributed by atoms with Crippen molar-refractivity contribution in [3.8, 4) is 5.75 Å². The highest BCUT2D eigenvalue weighted by Crippen LogP contribution is 2.25. The van der Waals surface area contributed by atoms with E-state index in [2.05, 4.69) is 14.9 Å². The van der Waals surface area contributed by atoms with Gasteiger partial charge in [-0.15, -0.1) is 0 Å². The molecule has 4 nitrogen and oxygen atoms in total. The molecule has 1 saturated heterocycles. The number of halogens is 1. The first kappa shape index (κ1) is 13.2. The van der Waals surface area contributed by atoms with E-state index in [1.165, 1.54) is 0 Å². The van der Waals surface area contributed by atoms with Crippen molar-refractivity contribution < 1.29 is 4.74 Å². The summed E-state index contributed by atoms with van der Waals surface area (Å²) >= 11 is 5.86. The van der Waals surface area contributed by atoms with Gasteiger partial charge in [-0.05, 0) is 42.6 Å². The number of hydrogen-bond acceptors (Lipinski definition) is 4. The van der Waals surface area contributed by atoms with Gasteiger partial charge < -0.3 is 9.64 Å². The maximum Gasteiger partial charge on any atom is 0.224 e. The van der Waals surface area contributed by atoms with E-state index in [9.17, 15) is 0 Å². The quantitative estimate of drug-likeness (QED) is 0.810. The first-order valence-electron chi connectivity index (χ1n) is 6.76. The third-order valence-electron chi connectivity index (χ3n) is 3.47. The lowest BCUT2D eigenvalue weighted by atomic mass is 10.2. The molecule has 3 rings (SSSR count). The Hall–Kier alpha value is -1.81. The molecule has 0 N–H and O–H groups in total. The number of nitrogens with zero attached hydrogens (tertiary/aromatic N) is 3. The Morgan fingerprint density at radius 3 is 2.90 bits per heavy atom. The molecule has 104 valence electrons. The average Bonchev–Trinajstić information content (AvgIpc) is 2.95. The number of ether oxygens (including phenoxy) is 1.